The van der Waals surface area contributed by atoms with Crippen LogP contribution in [0.5, 0.6) is 0 Å². The van der Waals surface area contributed by atoms with Crippen LogP contribution in [0.1, 0.15) is 26.7 Å². The number of nitrogens with zero attached hydrogens (tertiary/aromatic N) is 1. The van der Waals surface area contributed by atoms with Crippen molar-refractivity contribution in [2.45, 2.75) is 32.2 Å². The molecule has 84 valence electrons. The normalized spacial score (nSPS) is 11.5. The number of hydrogen-bond acceptors (Lipinski definition) is 3. The van der Waals surface area contributed by atoms with Gasteiger partial charge in [-0.1, -0.05) is 13.8 Å². The van der Waals surface area contributed by atoms with Crippen LogP contribution in [0, 0.1) is 0 Å². The number of anilines is 1. The summed E-state index contributed by atoms with van der Waals surface area (Å²) < 4.78 is 0.937. The van der Waals surface area contributed by atoms with Crippen LogP contribution in [0.15, 0.2) is 22.9 Å². The van der Waals surface area contributed by atoms with Crippen LogP contribution in [-0.4, -0.2) is 22.2 Å². The lowest BCUT2D eigenvalue weighted by molar-refractivity contribution is 0.202. The Bertz CT molecular complexity index is 305. The van der Waals surface area contributed by atoms with Gasteiger partial charge in [0.05, 0.1) is 24.0 Å². The van der Waals surface area contributed by atoms with Gasteiger partial charge >= 0.3 is 0 Å². The third-order valence-electron chi connectivity index (χ3n) is 2.77. The number of aliphatic hydroxyl groups is 1. The van der Waals surface area contributed by atoms with E-state index in [4.69, 9.17) is 0 Å². The molecule has 4 heteroatoms. The van der Waals surface area contributed by atoms with Crippen molar-refractivity contribution in [3.63, 3.8) is 0 Å². The van der Waals surface area contributed by atoms with Crippen molar-refractivity contribution in [2.75, 3.05) is 11.9 Å². The van der Waals surface area contributed by atoms with E-state index in [1.165, 1.54) is 0 Å². The molecule has 0 aliphatic rings. The smallest absolute Gasteiger partial charge is 0.0661 e. The van der Waals surface area contributed by atoms with E-state index in [1.54, 1.807) is 12.4 Å². The molecule has 0 spiro atoms. The van der Waals surface area contributed by atoms with E-state index in [-0.39, 0.29) is 12.1 Å². The highest BCUT2D eigenvalue weighted by Crippen LogP contribution is 2.23. The molecule has 0 atom stereocenters. The summed E-state index contributed by atoms with van der Waals surface area (Å²) in [5, 5.41) is 12.8. The van der Waals surface area contributed by atoms with Crippen molar-refractivity contribution in [2.24, 2.45) is 0 Å². The summed E-state index contributed by atoms with van der Waals surface area (Å²) in [5.74, 6) is 0. The third kappa shape index (κ3) is 3.18. The van der Waals surface area contributed by atoms with Gasteiger partial charge in [0.1, 0.15) is 0 Å². The maximum atomic E-state index is 9.41. The minimum Gasteiger partial charge on any atom is -0.394 e. The summed E-state index contributed by atoms with van der Waals surface area (Å²) in [4.78, 5) is 4.08. The Kier molecular flexibility index (Phi) is 4.54. The molecule has 1 rings (SSSR count). The Hall–Kier alpha value is -0.610. The van der Waals surface area contributed by atoms with E-state index in [9.17, 15) is 5.11 Å². The number of nitrogens with one attached hydrogen (secondary N) is 1. The molecule has 0 unspecified atom stereocenters. The predicted molar refractivity (Wildman–Crippen MR) is 66.0 cm³/mol. The van der Waals surface area contributed by atoms with Crippen molar-refractivity contribution < 1.29 is 5.11 Å². The van der Waals surface area contributed by atoms with Gasteiger partial charge in [0.25, 0.3) is 0 Å². The molecule has 0 aliphatic carbocycles. The number of aromatic nitrogens is 1. The van der Waals surface area contributed by atoms with Gasteiger partial charge in [-0.3, -0.25) is 4.98 Å². The molecule has 15 heavy (non-hydrogen) atoms. The maximum absolute atomic E-state index is 9.41. The van der Waals surface area contributed by atoms with E-state index in [1.807, 2.05) is 6.07 Å². The molecule has 3 nitrogen and oxygen atoms in total. The molecule has 0 bridgehead atoms. The van der Waals surface area contributed by atoms with Crippen molar-refractivity contribution >= 4 is 21.6 Å². The van der Waals surface area contributed by atoms with Gasteiger partial charge in [-0.25, -0.2) is 0 Å². The average molecular weight is 273 g/mol. The second-order valence-corrected chi connectivity index (χ2v) is 4.58. The van der Waals surface area contributed by atoms with Gasteiger partial charge in [-0.15, -0.1) is 0 Å². The molecule has 1 aromatic rings. The minimum atomic E-state index is -0.234. The molecule has 0 radical (unpaired) electrons. The molecule has 0 amide bonds. The lowest BCUT2D eigenvalue weighted by atomic mass is 9.93. The Labute approximate surface area is 99.1 Å². The van der Waals surface area contributed by atoms with Crippen LogP contribution in [0.2, 0.25) is 0 Å². The highest BCUT2D eigenvalue weighted by Gasteiger charge is 2.24. The van der Waals surface area contributed by atoms with Crippen molar-refractivity contribution in [3.05, 3.63) is 22.9 Å². The number of aliphatic hydroxyl groups excluding tert-OH is 1. The number of rotatable bonds is 5. The van der Waals surface area contributed by atoms with Crippen molar-refractivity contribution in [1.29, 1.82) is 0 Å². The molecule has 1 heterocycles. The van der Waals surface area contributed by atoms with Gasteiger partial charge in [0.15, 0.2) is 0 Å². The fourth-order valence-electron chi connectivity index (χ4n) is 1.48. The third-order valence-corrected chi connectivity index (χ3v) is 3.20. The van der Waals surface area contributed by atoms with Crippen LogP contribution in [0.3, 0.4) is 0 Å². The first-order valence-corrected chi connectivity index (χ1v) is 5.94. The summed E-state index contributed by atoms with van der Waals surface area (Å²) in [6.45, 7) is 4.27. The van der Waals surface area contributed by atoms with Crippen LogP contribution in [0.4, 0.5) is 5.69 Å². The quantitative estimate of drug-likeness (QED) is 0.867. The van der Waals surface area contributed by atoms with Gasteiger partial charge in [-0.05, 0) is 34.8 Å². The first-order chi connectivity index (χ1) is 7.15. The molecular formula is C11H17BrN2O. The summed E-state index contributed by atoms with van der Waals surface area (Å²) >= 11 is 3.37. The van der Waals surface area contributed by atoms with E-state index < -0.39 is 0 Å². The molecule has 0 aliphatic heterocycles. The standard InChI is InChI=1S/C11H17BrN2O/c1-3-11(4-2,8-15)14-10-5-9(12)6-13-7-10/h5-7,14-15H,3-4,8H2,1-2H3. The lowest BCUT2D eigenvalue weighted by Crippen LogP contribution is -2.40. The Morgan fingerprint density at radius 2 is 2.07 bits per heavy atom. The highest BCUT2D eigenvalue weighted by atomic mass is 79.9. The minimum absolute atomic E-state index is 0.131. The summed E-state index contributed by atoms with van der Waals surface area (Å²) in [5.41, 5.74) is 0.699. The number of hydrogen-bond donors (Lipinski definition) is 2. The zero-order chi connectivity index (χ0) is 11.3. The van der Waals surface area contributed by atoms with Crippen molar-refractivity contribution in [3.8, 4) is 0 Å². The first kappa shape index (κ1) is 12.5. The fourth-order valence-corrected chi connectivity index (χ4v) is 1.84. The summed E-state index contributed by atoms with van der Waals surface area (Å²) in [6.07, 6.45) is 5.27. The molecular weight excluding hydrogens is 256 g/mol. The number of halogens is 1. The Balaban J connectivity index is 2.82. The molecule has 0 saturated heterocycles. The molecule has 0 fully saturated rings. The predicted octanol–water partition coefficient (Wildman–Crippen LogP) is 2.81. The van der Waals surface area contributed by atoms with E-state index in [2.05, 4.69) is 40.1 Å². The average Bonchev–Trinajstić information content (AvgIpc) is 2.26. The van der Waals surface area contributed by atoms with Gasteiger partial charge in [-0.2, -0.15) is 0 Å². The Morgan fingerprint density at radius 1 is 1.40 bits per heavy atom. The van der Waals surface area contributed by atoms with Crippen LogP contribution in [0.25, 0.3) is 0 Å². The zero-order valence-corrected chi connectivity index (χ0v) is 10.7. The highest BCUT2D eigenvalue weighted by molar-refractivity contribution is 9.10. The second kappa shape index (κ2) is 5.47. The van der Waals surface area contributed by atoms with Gasteiger partial charge in [0, 0.05) is 10.7 Å². The topological polar surface area (TPSA) is 45.1 Å². The van der Waals surface area contributed by atoms with Crippen molar-refractivity contribution in [1.82, 2.24) is 4.98 Å². The summed E-state index contributed by atoms with van der Waals surface area (Å²) in [6, 6.07) is 1.96. The molecule has 0 aromatic carbocycles. The molecule has 0 saturated carbocycles. The summed E-state index contributed by atoms with van der Waals surface area (Å²) in [7, 11) is 0. The van der Waals surface area contributed by atoms with Gasteiger partial charge < -0.3 is 10.4 Å². The first-order valence-electron chi connectivity index (χ1n) is 5.15. The van der Waals surface area contributed by atoms with Crippen LogP contribution >= 0.6 is 15.9 Å². The Morgan fingerprint density at radius 3 is 2.53 bits per heavy atom. The molecule has 1 aromatic heterocycles. The SMILES string of the molecule is CCC(CC)(CO)Nc1cncc(Br)c1. The largest absolute Gasteiger partial charge is 0.394 e. The lowest BCUT2D eigenvalue weighted by Gasteiger charge is -2.31. The zero-order valence-electron chi connectivity index (χ0n) is 9.13. The molecule has 2 N–H and O–H groups in total. The maximum Gasteiger partial charge on any atom is 0.0661 e. The van der Waals surface area contributed by atoms with Gasteiger partial charge in [0.2, 0.25) is 0 Å². The van der Waals surface area contributed by atoms with Crippen LogP contribution < -0.4 is 5.32 Å². The second-order valence-electron chi connectivity index (χ2n) is 3.66. The number of pyridine rings is 1. The van der Waals surface area contributed by atoms with E-state index >= 15 is 0 Å². The van der Waals surface area contributed by atoms with E-state index in [0.717, 1.165) is 23.0 Å². The van der Waals surface area contributed by atoms with Crippen LogP contribution in [-0.2, 0) is 0 Å². The fraction of sp³-hybridized carbons (Fsp3) is 0.545. The monoisotopic (exact) mass is 272 g/mol. The van der Waals surface area contributed by atoms with E-state index in [0.29, 0.717) is 0 Å².